The lowest BCUT2D eigenvalue weighted by atomic mass is 9.96. The molecule has 0 aromatic heterocycles. The van der Waals surface area contributed by atoms with E-state index in [4.69, 9.17) is 4.74 Å². The molecule has 27 heavy (non-hydrogen) atoms. The molecule has 1 saturated heterocycles. The monoisotopic (exact) mass is 377 g/mol. The third-order valence-corrected chi connectivity index (χ3v) is 4.78. The summed E-state index contributed by atoms with van der Waals surface area (Å²) in [7, 11) is 0. The van der Waals surface area contributed by atoms with Gasteiger partial charge in [-0.15, -0.1) is 0 Å². The maximum Gasteiger partial charge on any atom is 0.326 e. The van der Waals surface area contributed by atoms with Crippen LogP contribution in [0.4, 0.5) is 9.18 Å². The predicted octanol–water partition coefficient (Wildman–Crippen LogP) is 0.706. The fourth-order valence-electron chi connectivity index (χ4n) is 3.00. The van der Waals surface area contributed by atoms with Crippen molar-refractivity contribution in [2.24, 2.45) is 5.92 Å². The fraction of sp³-hybridized carbons (Fsp3) is 0.444. The van der Waals surface area contributed by atoms with Crippen LogP contribution in [0.1, 0.15) is 25.3 Å². The molecule has 1 aliphatic heterocycles. The number of hydrogen-bond acceptors (Lipinski definition) is 5. The number of amides is 4. The molecule has 0 unspecified atom stereocenters. The molecule has 1 aliphatic carbocycles. The van der Waals surface area contributed by atoms with E-state index in [1.54, 1.807) is 13.0 Å². The van der Waals surface area contributed by atoms with E-state index in [0.29, 0.717) is 5.56 Å². The maximum absolute atomic E-state index is 13.5. The first kappa shape index (κ1) is 18.8. The molecule has 144 valence electrons. The van der Waals surface area contributed by atoms with Gasteiger partial charge in [0.1, 0.15) is 17.9 Å². The molecular weight excluding hydrogens is 357 g/mol. The first-order valence-electron chi connectivity index (χ1n) is 8.61. The van der Waals surface area contributed by atoms with Gasteiger partial charge < -0.3 is 15.4 Å². The van der Waals surface area contributed by atoms with Gasteiger partial charge in [-0.1, -0.05) is 18.2 Å². The molecule has 1 heterocycles. The lowest BCUT2D eigenvalue weighted by Gasteiger charge is -2.20. The summed E-state index contributed by atoms with van der Waals surface area (Å²) in [6, 6.07) is 5.32. The molecule has 1 atom stereocenters. The molecule has 2 N–H and O–H groups in total. The maximum atomic E-state index is 13.5. The van der Waals surface area contributed by atoms with Crippen molar-refractivity contribution in [3.05, 3.63) is 35.6 Å². The summed E-state index contributed by atoms with van der Waals surface area (Å²) in [4.78, 5) is 48.8. The second-order valence-corrected chi connectivity index (χ2v) is 6.83. The van der Waals surface area contributed by atoms with E-state index in [1.807, 2.05) is 0 Å². The Morgan fingerprint density at radius 3 is 2.70 bits per heavy atom. The van der Waals surface area contributed by atoms with E-state index in [1.165, 1.54) is 18.2 Å². The molecule has 2 aliphatic rings. The minimum Gasteiger partial charge on any atom is -0.454 e. The summed E-state index contributed by atoms with van der Waals surface area (Å²) in [5, 5.41) is 5.05. The van der Waals surface area contributed by atoms with Gasteiger partial charge in [-0.3, -0.25) is 19.3 Å². The van der Waals surface area contributed by atoms with Crippen molar-refractivity contribution in [2.75, 3.05) is 13.2 Å². The van der Waals surface area contributed by atoms with E-state index >= 15 is 0 Å². The van der Waals surface area contributed by atoms with Crippen molar-refractivity contribution in [1.29, 1.82) is 0 Å². The standard InChI is InChI=1S/C18H20FN3O5/c1-18(12-6-7-12)16(25)22(17(26)21-18)9-15(24)27-10-14(23)20-8-11-4-2-3-5-13(11)19/h2-5,12H,6-10H2,1H3,(H,20,23)(H,21,26)/t18-/m1/s1. The first-order chi connectivity index (χ1) is 12.8. The summed E-state index contributed by atoms with van der Waals surface area (Å²) < 4.78 is 18.3. The molecule has 1 aromatic rings. The van der Waals surface area contributed by atoms with Crippen LogP contribution >= 0.6 is 0 Å². The zero-order valence-corrected chi connectivity index (χ0v) is 14.8. The number of ether oxygens (including phenoxy) is 1. The van der Waals surface area contributed by atoms with Crippen molar-refractivity contribution in [3.63, 3.8) is 0 Å². The first-order valence-corrected chi connectivity index (χ1v) is 8.61. The van der Waals surface area contributed by atoms with Gasteiger partial charge in [0.05, 0.1) is 0 Å². The van der Waals surface area contributed by atoms with Gasteiger partial charge in [-0.25, -0.2) is 9.18 Å². The Bertz CT molecular complexity index is 795. The number of carbonyl (C=O) groups is 4. The molecule has 0 radical (unpaired) electrons. The number of esters is 1. The van der Waals surface area contributed by atoms with Crippen LogP contribution in [-0.4, -0.2) is 47.4 Å². The summed E-state index contributed by atoms with van der Waals surface area (Å²) in [5.74, 6) is -2.33. The lowest BCUT2D eigenvalue weighted by Crippen LogP contribution is -2.46. The molecule has 2 fully saturated rings. The number of benzene rings is 1. The van der Waals surface area contributed by atoms with Crippen LogP contribution in [0.25, 0.3) is 0 Å². The van der Waals surface area contributed by atoms with Gasteiger partial charge in [-0.2, -0.15) is 0 Å². The van der Waals surface area contributed by atoms with Crippen molar-refractivity contribution in [1.82, 2.24) is 15.5 Å². The highest BCUT2D eigenvalue weighted by Crippen LogP contribution is 2.42. The van der Waals surface area contributed by atoms with Crippen LogP contribution in [0.5, 0.6) is 0 Å². The second kappa shape index (κ2) is 7.34. The Morgan fingerprint density at radius 2 is 2.04 bits per heavy atom. The zero-order chi connectivity index (χ0) is 19.6. The minimum atomic E-state index is -0.978. The fourth-order valence-corrected chi connectivity index (χ4v) is 3.00. The molecule has 4 amide bonds. The normalized spacial score (nSPS) is 21.8. The quantitative estimate of drug-likeness (QED) is 0.538. The Labute approximate surface area is 155 Å². The van der Waals surface area contributed by atoms with E-state index in [9.17, 15) is 23.6 Å². The smallest absolute Gasteiger partial charge is 0.326 e. The summed E-state index contributed by atoms with van der Waals surface area (Å²) in [6.07, 6.45) is 1.70. The highest BCUT2D eigenvalue weighted by molar-refractivity contribution is 6.08. The number of rotatable bonds is 7. The van der Waals surface area contributed by atoms with Crippen molar-refractivity contribution in [3.8, 4) is 0 Å². The molecule has 3 rings (SSSR count). The average molecular weight is 377 g/mol. The summed E-state index contributed by atoms with van der Waals surface area (Å²) in [6.45, 7) is 0.451. The van der Waals surface area contributed by atoms with Crippen molar-refractivity contribution < 1.29 is 28.3 Å². The molecule has 8 nitrogen and oxygen atoms in total. The van der Waals surface area contributed by atoms with E-state index in [0.717, 1.165) is 17.7 Å². The van der Waals surface area contributed by atoms with Gasteiger partial charge >= 0.3 is 12.0 Å². The number of halogens is 1. The molecule has 0 bridgehead atoms. The largest absolute Gasteiger partial charge is 0.454 e. The van der Waals surface area contributed by atoms with Gasteiger partial charge in [0.15, 0.2) is 6.61 Å². The van der Waals surface area contributed by atoms with Crippen LogP contribution in [-0.2, 0) is 25.7 Å². The number of imide groups is 1. The van der Waals surface area contributed by atoms with Crippen molar-refractivity contribution >= 4 is 23.8 Å². The van der Waals surface area contributed by atoms with Gasteiger partial charge in [0.25, 0.3) is 11.8 Å². The Hall–Kier alpha value is -2.97. The number of nitrogens with one attached hydrogen (secondary N) is 2. The highest BCUT2D eigenvalue weighted by atomic mass is 19.1. The number of hydrogen-bond donors (Lipinski definition) is 2. The van der Waals surface area contributed by atoms with Gasteiger partial charge in [0.2, 0.25) is 0 Å². The van der Waals surface area contributed by atoms with E-state index < -0.39 is 48.3 Å². The second-order valence-electron chi connectivity index (χ2n) is 6.83. The van der Waals surface area contributed by atoms with Crippen LogP contribution in [0.15, 0.2) is 24.3 Å². The predicted molar refractivity (Wildman–Crippen MR) is 90.6 cm³/mol. The molecule has 1 saturated carbocycles. The number of nitrogens with zero attached hydrogens (tertiary/aromatic N) is 1. The van der Waals surface area contributed by atoms with Gasteiger partial charge in [0, 0.05) is 12.1 Å². The number of carbonyl (C=O) groups excluding carboxylic acids is 4. The molecule has 0 spiro atoms. The molecule has 1 aromatic carbocycles. The topological polar surface area (TPSA) is 105 Å². The van der Waals surface area contributed by atoms with Gasteiger partial charge in [-0.05, 0) is 31.7 Å². The Balaban J connectivity index is 1.44. The lowest BCUT2D eigenvalue weighted by molar-refractivity contribution is -0.151. The third kappa shape index (κ3) is 4.07. The van der Waals surface area contributed by atoms with Crippen LogP contribution in [0.2, 0.25) is 0 Å². The summed E-state index contributed by atoms with van der Waals surface area (Å²) >= 11 is 0. The molecule has 9 heteroatoms. The minimum absolute atomic E-state index is 0.0458. The van der Waals surface area contributed by atoms with Crippen molar-refractivity contribution in [2.45, 2.75) is 31.8 Å². The Morgan fingerprint density at radius 1 is 1.33 bits per heavy atom. The van der Waals surface area contributed by atoms with Crippen LogP contribution < -0.4 is 10.6 Å². The zero-order valence-electron chi connectivity index (χ0n) is 14.8. The Kier molecular flexibility index (Phi) is 5.11. The van der Waals surface area contributed by atoms with E-state index in [2.05, 4.69) is 10.6 Å². The number of urea groups is 1. The van der Waals surface area contributed by atoms with E-state index in [-0.39, 0.29) is 12.5 Å². The summed E-state index contributed by atoms with van der Waals surface area (Å²) in [5.41, 5.74) is -0.676. The SMILES string of the molecule is C[C@]1(C2CC2)NC(=O)N(CC(=O)OCC(=O)NCc2ccccc2F)C1=O. The molecular formula is C18H20FN3O5. The average Bonchev–Trinajstić information content (AvgIpc) is 3.45. The third-order valence-electron chi connectivity index (χ3n) is 4.78. The highest BCUT2D eigenvalue weighted by Gasteiger charge is 2.56. The van der Waals surface area contributed by atoms with Crippen LogP contribution in [0.3, 0.4) is 0 Å². The van der Waals surface area contributed by atoms with Crippen LogP contribution in [0, 0.1) is 11.7 Å².